The van der Waals surface area contributed by atoms with E-state index in [0.717, 1.165) is 33.8 Å². The van der Waals surface area contributed by atoms with Gasteiger partial charge in [-0.2, -0.15) is 21.6 Å². The van der Waals surface area contributed by atoms with Crippen molar-refractivity contribution in [2.75, 3.05) is 4.72 Å². The molecule has 4 rings (SSSR count). The molecule has 33 heavy (non-hydrogen) atoms. The van der Waals surface area contributed by atoms with E-state index >= 15 is 0 Å². The van der Waals surface area contributed by atoms with Crippen LogP contribution in [-0.2, 0) is 16.4 Å². The van der Waals surface area contributed by atoms with Crippen LogP contribution in [0.3, 0.4) is 0 Å². The van der Waals surface area contributed by atoms with Crippen molar-refractivity contribution in [3.05, 3.63) is 78.2 Å². The molecular weight excluding hydrogens is 453 g/mol. The summed E-state index contributed by atoms with van der Waals surface area (Å²) in [6.45, 7) is 4.15. The van der Waals surface area contributed by atoms with Gasteiger partial charge in [0.2, 0.25) is 0 Å². The van der Waals surface area contributed by atoms with Crippen molar-refractivity contribution < 1.29 is 21.6 Å². The van der Waals surface area contributed by atoms with Gasteiger partial charge in [-0.15, -0.1) is 0 Å². The average molecular weight is 475 g/mol. The van der Waals surface area contributed by atoms with Gasteiger partial charge in [-0.1, -0.05) is 32.0 Å². The summed E-state index contributed by atoms with van der Waals surface area (Å²) >= 11 is 0. The maximum absolute atomic E-state index is 12.9. The molecule has 0 unspecified atom stereocenters. The minimum Gasteiger partial charge on any atom is -0.316 e. The first-order chi connectivity index (χ1) is 15.4. The van der Waals surface area contributed by atoms with E-state index in [1.54, 1.807) is 24.3 Å². The molecule has 0 amide bonds. The molecule has 0 radical (unpaired) electrons. The SMILES string of the molecule is CC(C)c1cn(-c2ccc(NS(N)(=O)=O)cc2)c2cc(-c3ccc(C(F)(F)F)nc3)ccc12. The third-order valence-electron chi connectivity index (χ3n) is 5.25. The predicted molar refractivity (Wildman–Crippen MR) is 122 cm³/mol. The summed E-state index contributed by atoms with van der Waals surface area (Å²) in [6.07, 6.45) is -1.27. The van der Waals surface area contributed by atoms with Crippen LogP contribution in [0.4, 0.5) is 18.9 Å². The van der Waals surface area contributed by atoms with Gasteiger partial charge in [0.15, 0.2) is 0 Å². The van der Waals surface area contributed by atoms with Crippen molar-refractivity contribution >= 4 is 26.8 Å². The number of nitrogens with one attached hydrogen (secondary N) is 1. The number of pyridine rings is 1. The van der Waals surface area contributed by atoms with E-state index < -0.39 is 22.1 Å². The lowest BCUT2D eigenvalue weighted by Gasteiger charge is -2.10. The molecule has 2 aromatic carbocycles. The van der Waals surface area contributed by atoms with Crippen LogP contribution in [0.25, 0.3) is 27.7 Å². The highest BCUT2D eigenvalue weighted by molar-refractivity contribution is 7.90. The summed E-state index contributed by atoms with van der Waals surface area (Å²) in [5, 5.41) is 6.04. The Labute approximate surface area is 189 Å². The molecule has 0 aliphatic rings. The number of hydrogen-bond donors (Lipinski definition) is 2. The van der Waals surface area contributed by atoms with Crippen LogP contribution in [0, 0.1) is 0 Å². The number of nitrogens with zero attached hydrogens (tertiary/aromatic N) is 2. The summed E-state index contributed by atoms with van der Waals surface area (Å²) in [5.41, 5.74) is 3.44. The van der Waals surface area contributed by atoms with Gasteiger partial charge in [-0.25, -0.2) is 5.14 Å². The van der Waals surface area contributed by atoms with Crippen LogP contribution in [-0.4, -0.2) is 18.0 Å². The van der Waals surface area contributed by atoms with Gasteiger partial charge < -0.3 is 4.57 Å². The topological polar surface area (TPSA) is 90.0 Å². The highest BCUT2D eigenvalue weighted by Crippen LogP contribution is 2.34. The lowest BCUT2D eigenvalue weighted by Crippen LogP contribution is -2.21. The molecule has 3 N–H and O–H groups in total. The predicted octanol–water partition coefficient (Wildman–Crippen LogP) is 5.45. The third kappa shape index (κ3) is 4.86. The number of alkyl halides is 3. The molecule has 0 saturated carbocycles. The number of hydrogen-bond acceptors (Lipinski definition) is 3. The van der Waals surface area contributed by atoms with E-state index in [1.165, 1.54) is 12.3 Å². The van der Waals surface area contributed by atoms with E-state index in [-0.39, 0.29) is 5.92 Å². The second-order valence-corrected chi connectivity index (χ2v) is 9.26. The zero-order chi connectivity index (χ0) is 24.0. The number of benzene rings is 2. The fourth-order valence-electron chi connectivity index (χ4n) is 3.69. The number of halogens is 3. The first-order valence-electron chi connectivity index (χ1n) is 10.0. The lowest BCUT2D eigenvalue weighted by molar-refractivity contribution is -0.141. The maximum Gasteiger partial charge on any atom is 0.433 e. The maximum atomic E-state index is 12.9. The highest BCUT2D eigenvalue weighted by atomic mass is 32.2. The molecule has 0 bridgehead atoms. The van der Waals surface area contributed by atoms with Crippen molar-refractivity contribution in [3.8, 4) is 16.8 Å². The molecule has 0 aliphatic heterocycles. The Morgan fingerprint density at radius 1 is 1.00 bits per heavy atom. The fraction of sp³-hybridized carbons (Fsp3) is 0.174. The van der Waals surface area contributed by atoms with E-state index in [9.17, 15) is 21.6 Å². The van der Waals surface area contributed by atoms with Gasteiger partial charge in [0.25, 0.3) is 10.2 Å². The largest absolute Gasteiger partial charge is 0.433 e. The number of rotatable bonds is 5. The van der Waals surface area contributed by atoms with Crippen LogP contribution < -0.4 is 9.86 Å². The Hall–Kier alpha value is -3.37. The van der Waals surface area contributed by atoms with Gasteiger partial charge in [0.05, 0.1) is 5.52 Å². The summed E-state index contributed by atoms with van der Waals surface area (Å²) in [5.74, 6) is 0.232. The van der Waals surface area contributed by atoms with Gasteiger partial charge >= 0.3 is 6.18 Å². The van der Waals surface area contributed by atoms with Crippen LogP contribution in [0.5, 0.6) is 0 Å². The molecule has 10 heteroatoms. The molecule has 2 heterocycles. The number of anilines is 1. The Balaban J connectivity index is 1.80. The minimum absolute atomic E-state index is 0.232. The van der Waals surface area contributed by atoms with Crippen molar-refractivity contribution in [2.45, 2.75) is 25.9 Å². The zero-order valence-corrected chi connectivity index (χ0v) is 18.6. The molecular formula is C23H21F3N4O2S. The average Bonchev–Trinajstić information content (AvgIpc) is 3.12. The summed E-state index contributed by atoms with van der Waals surface area (Å²) in [6, 6.07) is 14.8. The molecule has 0 spiro atoms. The normalized spacial score (nSPS) is 12.5. The van der Waals surface area contributed by atoms with Gasteiger partial charge in [-0.3, -0.25) is 9.71 Å². The van der Waals surface area contributed by atoms with Crippen molar-refractivity contribution in [1.29, 1.82) is 0 Å². The van der Waals surface area contributed by atoms with E-state index in [1.807, 2.05) is 29.0 Å². The standard InChI is InChI=1S/C23H21F3N4O2S/c1-14(2)20-13-30(18-7-5-17(6-8-18)29-33(27,31)32)21-11-15(3-9-19(20)21)16-4-10-22(28-12-16)23(24,25)26/h3-14,29H,1-2H3,(H2,27,31,32). The van der Waals surface area contributed by atoms with E-state index in [2.05, 4.69) is 23.6 Å². The molecule has 0 fully saturated rings. The first kappa shape index (κ1) is 22.8. The Morgan fingerprint density at radius 3 is 2.21 bits per heavy atom. The van der Waals surface area contributed by atoms with Crippen LogP contribution >= 0.6 is 0 Å². The quantitative estimate of drug-likeness (QED) is 0.403. The molecule has 6 nitrogen and oxygen atoms in total. The fourth-order valence-corrected chi connectivity index (χ4v) is 4.16. The second-order valence-electron chi connectivity index (χ2n) is 7.96. The summed E-state index contributed by atoms with van der Waals surface area (Å²) < 4.78 is 65.3. The Bertz CT molecular complexity index is 1410. The van der Waals surface area contributed by atoms with E-state index in [0.29, 0.717) is 11.3 Å². The summed E-state index contributed by atoms with van der Waals surface area (Å²) in [7, 11) is -3.88. The number of fused-ring (bicyclic) bond motifs is 1. The van der Waals surface area contributed by atoms with E-state index in [4.69, 9.17) is 5.14 Å². The molecule has 2 aromatic heterocycles. The monoisotopic (exact) mass is 474 g/mol. The highest BCUT2D eigenvalue weighted by Gasteiger charge is 2.32. The van der Waals surface area contributed by atoms with Crippen molar-refractivity contribution in [2.24, 2.45) is 5.14 Å². The molecule has 0 saturated heterocycles. The van der Waals surface area contributed by atoms with Crippen LogP contribution in [0.1, 0.15) is 31.0 Å². The number of nitrogens with two attached hydrogens (primary N) is 1. The van der Waals surface area contributed by atoms with Gasteiger partial charge in [0, 0.05) is 34.7 Å². The third-order valence-corrected chi connectivity index (χ3v) is 5.77. The minimum atomic E-state index is -4.49. The Kier molecular flexibility index (Phi) is 5.67. The first-order valence-corrected chi connectivity index (χ1v) is 11.6. The zero-order valence-electron chi connectivity index (χ0n) is 17.8. The van der Waals surface area contributed by atoms with Crippen molar-refractivity contribution in [3.63, 3.8) is 0 Å². The second kappa shape index (κ2) is 8.20. The molecule has 4 aromatic rings. The van der Waals surface area contributed by atoms with Crippen LogP contribution in [0.15, 0.2) is 67.0 Å². The number of aromatic nitrogens is 2. The molecule has 172 valence electrons. The van der Waals surface area contributed by atoms with Crippen molar-refractivity contribution in [1.82, 2.24) is 9.55 Å². The molecule has 0 atom stereocenters. The lowest BCUT2D eigenvalue weighted by atomic mass is 10.00. The van der Waals surface area contributed by atoms with Gasteiger partial charge in [0.1, 0.15) is 5.69 Å². The summed E-state index contributed by atoms with van der Waals surface area (Å²) in [4.78, 5) is 3.56. The smallest absolute Gasteiger partial charge is 0.316 e. The van der Waals surface area contributed by atoms with Crippen LogP contribution in [0.2, 0.25) is 0 Å². The Morgan fingerprint density at radius 2 is 1.67 bits per heavy atom. The van der Waals surface area contributed by atoms with Gasteiger partial charge in [-0.05, 0) is 53.4 Å². The molecule has 0 aliphatic carbocycles.